The zero-order valence-corrected chi connectivity index (χ0v) is 16.3. The Balaban J connectivity index is 1.58. The summed E-state index contributed by atoms with van der Waals surface area (Å²) in [4.78, 5) is 4.93. The van der Waals surface area contributed by atoms with Crippen LogP contribution >= 0.6 is 0 Å². The topological polar surface area (TPSA) is 66.4 Å². The Labute approximate surface area is 166 Å². The number of hydrogen-bond donors (Lipinski definition) is 3. The number of ether oxygens (including phenoxy) is 1. The number of fused-ring (bicyclic) bond motifs is 1. The van der Waals surface area contributed by atoms with Crippen molar-refractivity contribution in [2.75, 3.05) is 31.6 Å². The predicted molar refractivity (Wildman–Crippen MR) is 111 cm³/mol. The van der Waals surface area contributed by atoms with Crippen LogP contribution in [-0.2, 0) is 6.42 Å². The van der Waals surface area contributed by atoms with Gasteiger partial charge >= 0.3 is 0 Å². The van der Waals surface area contributed by atoms with E-state index >= 15 is 0 Å². The van der Waals surface area contributed by atoms with Crippen molar-refractivity contribution in [1.82, 2.24) is 10.3 Å². The van der Waals surface area contributed by atoms with Gasteiger partial charge in [0.2, 0.25) is 0 Å². The number of piperidine rings is 1. The van der Waals surface area contributed by atoms with Crippen molar-refractivity contribution >= 4 is 5.82 Å². The predicted octanol–water partition coefficient (Wildman–Crippen LogP) is 4.07. The van der Waals surface area contributed by atoms with Gasteiger partial charge in [-0.15, -0.1) is 0 Å². The molecule has 1 aliphatic carbocycles. The average Bonchev–Trinajstić information content (AvgIpc) is 3.57. The summed E-state index contributed by atoms with van der Waals surface area (Å²) in [5, 5.41) is 17.7. The lowest BCUT2D eigenvalue weighted by molar-refractivity contribution is 0.299. The minimum absolute atomic E-state index is 0.240. The molecule has 0 amide bonds. The number of anilines is 1. The lowest BCUT2D eigenvalue weighted by Gasteiger charge is -2.29. The van der Waals surface area contributed by atoms with Gasteiger partial charge in [-0.2, -0.15) is 0 Å². The highest BCUT2D eigenvalue weighted by molar-refractivity contribution is 5.76. The minimum atomic E-state index is 0.240. The molecule has 5 rings (SSSR count). The van der Waals surface area contributed by atoms with Gasteiger partial charge in [0.05, 0.1) is 17.9 Å². The van der Waals surface area contributed by atoms with Gasteiger partial charge in [-0.3, -0.25) is 0 Å². The summed E-state index contributed by atoms with van der Waals surface area (Å²) in [5.41, 5.74) is 4.29. The fourth-order valence-electron chi connectivity index (χ4n) is 4.47. The minimum Gasteiger partial charge on any atom is -0.507 e. The van der Waals surface area contributed by atoms with E-state index in [4.69, 9.17) is 9.72 Å². The molecule has 1 saturated heterocycles. The van der Waals surface area contributed by atoms with Crippen LogP contribution in [0.25, 0.3) is 11.3 Å². The maximum absolute atomic E-state index is 10.7. The van der Waals surface area contributed by atoms with Crippen molar-refractivity contribution in [3.05, 3.63) is 35.4 Å². The van der Waals surface area contributed by atoms with E-state index in [2.05, 4.69) is 16.7 Å². The summed E-state index contributed by atoms with van der Waals surface area (Å²) in [6.07, 6.45) is 7.12. The quantitative estimate of drug-likeness (QED) is 0.731. The summed E-state index contributed by atoms with van der Waals surface area (Å²) < 4.78 is 6.09. The molecule has 2 aliphatic heterocycles. The number of hydrogen-bond acceptors (Lipinski definition) is 5. The van der Waals surface area contributed by atoms with E-state index in [1.54, 1.807) is 6.07 Å². The number of pyridine rings is 1. The van der Waals surface area contributed by atoms with Gasteiger partial charge in [0.15, 0.2) is 0 Å². The smallest absolute Gasteiger partial charge is 0.132 e. The van der Waals surface area contributed by atoms with E-state index in [9.17, 15) is 5.11 Å². The van der Waals surface area contributed by atoms with Crippen molar-refractivity contribution < 1.29 is 9.84 Å². The first-order valence-corrected chi connectivity index (χ1v) is 10.7. The standard InChI is InChI=1S/C23H29N3O2/c27-20-6-1-7-21(28-14-15-8-9-15)22(20)19-12-18(16-4-2-10-24-13-16)17-5-3-11-25-23(17)26-19/h1,6-7,12,15-16,24,27H,2-5,8-11,13-14H2,(H,25,26). The molecule has 2 fully saturated rings. The number of phenols is 1. The van der Waals surface area contributed by atoms with Crippen molar-refractivity contribution in [2.45, 2.75) is 44.4 Å². The number of nitrogens with one attached hydrogen (secondary N) is 2. The molecule has 1 aromatic carbocycles. The summed E-state index contributed by atoms with van der Waals surface area (Å²) >= 11 is 0. The number of benzene rings is 1. The highest BCUT2D eigenvalue weighted by Crippen LogP contribution is 2.42. The molecule has 2 aromatic rings. The molecule has 5 nitrogen and oxygen atoms in total. The van der Waals surface area contributed by atoms with Crippen molar-refractivity contribution in [3.8, 4) is 22.8 Å². The third-order valence-electron chi connectivity index (χ3n) is 6.22. The van der Waals surface area contributed by atoms with Gasteiger partial charge < -0.3 is 20.5 Å². The van der Waals surface area contributed by atoms with Gasteiger partial charge in [-0.1, -0.05) is 6.07 Å². The lowest BCUT2D eigenvalue weighted by atomic mass is 9.85. The molecule has 3 N–H and O–H groups in total. The zero-order valence-electron chi connectivity index (χ0n) is 16.3. The first kappa shape index (κ1) is 17.8. The number of rotatable bonds is 5. The Kier molecular flexibility index (Phi) is 4.85. The van der Waals surface area contributed by atoms with Crippen molar-refractivity contribution in [2.24, 2.45) is 5.92 Å². The van der Waals surface area contributed by atoms with Crippen LogP contribution in [0.4, 0.5) is 5.82 Å². The Hall–Kier alpha value is -2.27. The molecule has 0 spiro atoms. The second-order valence-corrected chi connectivity index (χ2v) is 8.40. The monoisotopic (exact) mass is 379 g/mol. The molecule has 3 heterocycles. The largest absolute Gasteiger partial charge is 0.507 e. The molecule has 1 aromatic heterocycles. The molecule has 5 heteroatoms. The highest BCUT2D eigenvalue weighted by Gasteiger charge is 2.26. The normalized spacial score (nSPS) is 21.6. The summed E-state index contributed by atoms with van der Waals surface area (Å²) in [5.74, 6) is 3.14. The summed E-state index contributed by atoms with van der Waals surface area (Å²) in [6, 6.07) is 7.75. The second-order valence-electron chi connectivity index (χ2n) is 8.40. The maximum Gasteiger partial charge on any atom is 0.132 e. The van der Waals surface area contributed by atoms with Crippen molar-refractivity contribution in [3.63, 3.8) is 0 Å². The van der Waals surface area contributed by atoms with Crippen LogP contribution in [0, 0.1) is 5.92 Å². The molecule has 1 atom stereocenters. The third-order valence-corrected chi connectivity index (χ3v) is 6.22. The Morgan fingerprint density at radius 1 is 1.14 bits per heavy atom. The second kappa shape index (κ2) is 7.63. The summed E-state index contributed by atoms with van der Waals surface area (Å²) in [6.45, 7) is 3.80. The Bertz CT molecular complexity index is 857. The van der Waals surface area contributed by atoms with Crippen LogP contribution in [0.2, 0.25) is 0 Å². The summed E-state index contributed by atoms with van der Waals surface area (Å²) in [7, 11) is 0. The molecule has 148 valence electrons. The van der Waals surface area contributed by atoms with E-state index in [1.807, 2.05) is 12.1 Å². The molecule has 0 bridgehead atoms. The first-order chi connectivity index (χ1) is 13.8. The first-order valence-electron chi connectivity index (χ1n) is 10.7. The van der Waals surface area contributed by atoms with Gasteiger partial charge in [-0.25, -0.2) is 4.98 Å². The van der Waals surface area contributed by atoms with Crippen LogP contribution in [0.3, 0.4) is 0 Å². The van der Waals surface area contributed by atoms with Crippen LogP contribution in [0.5, 0.6) is 11.5 Å². The number of phenolic OH excluding ortho intramolecular Hbond substituents is 1. The molecule has 1 unspecified atom stereocenters. The fourth-order valence-corrected chi connectivity index (χ4v) is 4.47. The van der Waals surface area contributed by atoms with Crippen LogP contribution < -0.4 is 15.4 Å². The third kappa shape index (κ3) is 3.55. The molecule has 28 heavy (non-hydrogen) atoms. The number of nitrogens with zero attached hydrogens (tertiary/aromatic N) is 1. The van der Waals surface area contributed by atoms with E-state index in [0.29, 0.717) is 11.8 Å². The van der Waals surface area contributed by atoms with Crippen LogP contribution in [0.15, 0.2) is 24.3 Å². The molecular formula is C23H29N3O2. The Morgan fingerprint density at radius 2 is 2.07 bits per heavy atom. The van der Waals surface area contributed by atoms with E-state index in [0.717, 1.165) is 61.9 Å². The fraction of sp³-hybridized carbons (Fsp3) is 0.522. The molecule has 0 radical (unpaired) electrons. The highest BCUT2D eigenvalue weighted by atomic mass is 16.5. The van der Waals surface area contributed by atoms with Gasteiger partial charge in [0.25, 0.3) is 0 Å². The van der Waals surface area contributed by atoms with E-state index < -0.39 is 0 Å². The van der Waals surface area contributed by atoms with Crippen LogP contribution in [0.1, 0.15) is 49.1 Å². The van der Waals surface area contributed by atoms with Gasteiger partial charge in [-0.05, 0) is 86.2 Å². The zero-order chi connectivity index (χ0) is 18.9. The SMILES string of the molecule is Oc1cccc(OCC2CC2)c1-c1cc(C2CCCNC2)c2c(n1)NCCC2. The molecular weight excluding hydrogens is 350 g/mol. The average molecular weight is 380 g/mol. The van der Waals surface area contributed by atoms with Gasteiger partial charge in [0.1, 0.15) is 17.3 Å². The Morgan fingerprint density at radius 3 is 2.89 bits per heavy atom. The molecule has 3 aliphatic rings. The van der Waals surface area contributed by atoms with Crippen molar-refractivity contribution in [1.29, 1.82) is 0 Å². The van der Waals surface area contributed by atoms with E-state index in [-0.39, 0.29) is 5.75 Å². The van der Waals surface area contributed by atoms with Gasteiger partial charge in [0, 0.05) is 13.1 Å². The molecule has 1 saturated carbocycles. The van der Waals surface area contributed by atoms with E-state index in [1.165, 1.54) is 36.8 Å². The number of aromatic hydroxyl groups is 1. The van der Waals surface area contributed by atoms with Crippen LogP contribution in [-0.4, -0.2) is 36.3 Å². The lowest BCUT2D eigenvalue weighted by Crippen LogP contribution is -2.29. The maximum atomic E-state index is 10.7. The number of aromatic nitrogens is 1.